The van der Waals surface area contributed by atoms with Gasteiger partial charge in [0.25, 0.3) is 0 Å². The molecule has 1 saturated carbocycles. The molecule has 1 saturated heterocycles. The van der Waals surface area contributed by atoms with E-state index in [1.165, 1.54) is 0 Å². The molecule has 0 aromatic carbocycles. The predicted octanol–water partition coefficient (Wildman–Crippen LogP) is 2.80. The Balaban J connectivity index is 0.00000338. The number of hydrogen-bond donors (Lipinski definition) is 1. The van der Waals surface area contributed by atoms with Crippen molar-refractivity contribution >= 4 is 5.91 Å². The zero-order valence-corrected chi connectivity index (χ0v) is 19.2. The molecule has 2 rings (SSSR count). The molecule has 1 spiro atoms. The number of nitrogens with zero attached hydrogens (tertiary/aromatic N) is 1. The van der Waals surface area contributed by atoms with Gasteiger partial charge >= 0.3 is 0 Å². The maximum absolute atomic E-state index is 11.7. The van der Waals surface area contributed by atoms with Gasteiger partial charge in [-0.05, 0) is 41.7 Å². The molecular weight excluding hydrogens is 514 g/mol. The van der Waals surface area contributed by atoms with Crippen LogP contribution < -0.4 is 0 Å². The van der Waals surface area contributed by atoms with Gasteiger partial charge in [-0.2, -0.15) is 4.89 Å². The van der Waals surface area contributed by atoms with E-state index in [1.807, 2.05) is 20.8 Å². The van der Waals surface area contributed by atoms with Crippen LogP contribution in [0.5, 0.6) is 0 Å². The zero-order valence-electron chi connectivity index (χ0n) is 16.2. The number of carbonyl (C=O) groups excluding carboxylic acids is 1. The Morgan fingerprint density at radius 1 is 1.15 bits per heavy atom. The molecular formula is C17H31NO7W. The molecule has 0 aromatic rings. The summed E-state index contributed by atoms with van der Waals surface area (Å²) in [6.07, 6.45) is 1.73. The van der Waals surface area contributed by atoms with Gasteiger partial charge in [0.15, 0.2) is 0 Å². The summed E-state index contributed by atoms with van der Waals surface area (Å²) in [5.41, 5.74) is -1.31. The van der Waals surface area contributed by atoms with E-state index in [1.54, 1.807) is 0 Å². The summed E-state index contributed by atoms with van der Waals surface area (Å²) >= 11 is 0. The molecule has 0 radical (unpaired) electrons. The van der Waals surface area contributed by atoms with Crippen molar-refractivity contribution in [3.05, 3.63) is 0 Å². The Kier molecular flexibility index (Phi) is 9.14. The van der Waals surface area contributed by atoms with Gasteiger partial charge in [-0.25, -0.2) is 9.95 Å². The molecule has 1 aliphatic heterocycles. The Bertz CT molecular complexity index is 468. The molecule has 9 heteroatoms. The van der Waals surface area contributed by atoms with E-state index in [0.717, 1.165) is 17.9 Å². The van der Waals surface area contributed by atoms with E-state index >= 15 is 0 Å². The van der Waals surface area contributed by atoms with Crippen LogP contribution in [0, 0.1) is 11.8 Å². The molecule has 5 atom stereocenters. The molecule has 1 aliphatic carbocycles. The van der Waals surface area contributed by atoms with Gasteiger partial charge < -0.3 is 4.74 Å². The molecule has 1 heterocycles. The van der Waals surface area contributed by atoms with E-state index in [4.69, 9.17) is 19.6 Å². The molecule has 8 nitrogen and oxygen atoms in total. The van der Waals surface area contributed by atoms with Crippen molar-refractivity contribution in [3.63, 3.8) is 0 Å². The first-order valence-corrected chi connectivity index (χ1v) is 9.11. The fraction of sp³-hybridized carbons (Fsp3) is 0.941. The second-order valence-corrected chi connectivity index (χ2v) is 7.36. The molecule has 1 N–H and O–H groups in total. The summed E-state index contributed by atoms with van der Waals surface area (Å²) in [7, 11) is 0. The SMILES string of the molecule is CCCOOOO[C@@H]1C[C@@](C)(OCCC)[C@@H](C)[C@@H](C)C12CC(=O)N2O.[W]. The molecule has 152 valence electrons. The smallest absolute Gasteiger partial charge is 0.249 e. The summed E-state index contributed by atoms with van der Waals surface area (Å²) in [6, 6.07) is 0. The number of rotatable bonds is 9. The quantitative estimate of drug-likeness (QED) is 0.157. The van der Waals surface area contributed by atoms with Gasteiger partial charge in [-0.3, -0.25) is 10.0 Å². The van der Waals surface area contributed by atoms with Gasteiger partial charge in [0.2, 0.25) is 5.91 Å². The van der Waals surface area contributed by atoms with E-state index in [9.17, 15) is 10.0 Å². The van der Waals surface area contributed by atoms with Crippen LogP contribution in [0.4, 0.5) is 0 Å². The summed E-state index contributed by atoms with van der Waals surface area (Å²) in [4.78, 5) is 21.9. The molecule has 2 fully saturated rings. The van der Waals surface area contributed by atoms with Crippen molar-refractivity contribution in [1.29, 1.82) is 0 Å². The number of β-lactam (4-membered cyclic amide) rings is 1. The van der Waals surface area contributed by atoms with Gasteiger partial charge in [0.1, 0.15) is 11.6 Å². The summed E-state index contributed by atoms with van der Waals surface area (Å²) in [6.45, 7) is 11.1. The predicted molar refractivity (Wildman–Crippen MR) is 86.9 cm³/mol. The molecule has 0 bridgehead atoms. The van der Waals surface area contributed by atoms with Gasteiger partial charge in [-0.1, -0.05) is 27.7 Å². The minimum Gasteiger partial charge on any atom is -0.375 e. The maximum Gasteiger partial charge on any atom is 0.249 e. The topological polar surface area (TPSA) is 86.7 Å². The molecule has 1 amide bonds. The number of hydroxylamine groups is 2. The van der Waals surface area contributed by atoms with E-state index < -0.39 is 17.2 Å². The third-order valence-electron chi connectivity index (χ3n) is 5.87. The van der Waals surface area contributed by atoms with Crippen LogP contribution >= 0.6 is 0 Å². The van der Waals surface area contributed by atoms with Crippen molar-refractivity contribution in [2.24, 2.45) is 11.8 Å². The first-order chi connectivity index (χ1) is 11.8. The van der Waals surface area contributed by atoms with E-state index in [-0.39, 0.29) is 45.2 Å². The number of carbonyl (C=O) groups is 1. The molecule has 1 unspecified atom stereocenters. The van der Waals surface area contributed by atoms with Crippen LogP contribution in [0.15, 0.2) is 0 Å². The van der Waals surface area contributed by atoms with Crippen LogP contribution in [0.25, 0.3) is 0 Å². The van der Waals surface area contributed by atoms with Crippen LogP contribution in [-0.2, 0) is 50.4 Å². The van der Waals surface area contributed by atoms with E-state index in [0.29, 0.717) is 19.6 Å². The van der Waals surface area contributed by atoms with Crippen molar-refractivity contribution in [2.75, 3.05) is 13.2 Å². The summed E-state index contributed by atoms with van der Waals surface area (Å²) < 4.78 is 6.11. The van der Waals surface area contributed by atoms with Gasteiger partial charge in [0.05, 0.1) is 18.6 Å². The average Bonchev–Trinajstić information content (AvgIpc) is 2.60. The third kappa shape index (κ3) is 4.32. The third-order valence-corrected chi connectivity index (χ3v) is 5.87. The van der Waals surface area contributed by atoms with Crippen molar-refractivity contribution in [1.82, 2.24) is 5.06 Å². The molecule has 2 aliphatic rings. The second-order valence-electron chi connectivity index (χ2n) is 7.36. The monoisotopic (exact) mass is 545 g/mol. The average molecular weight is 545 g/mol. The summed E-state index contributed by atoms with van der Waals surface area (Å²) in [5, 5.41) is 20.4. The number of ether oxygens (including phenoxy) is 1. The maximum atomic E-state index is 11.7. The fourth-order valence-corrected chi connectivity index (χ4v) is 3.97. The molecule has 26 heavy (non-hydrogen) atoms. The van der Waals surface area contributed by atoms with E-state index in [2.05, 4.69) is 18.9 Å². The van der Waals surface area contributed by atoms with Crippen LogP contribution in [0.2, 0.25) is 0 Å². The first-order valence-electron chi connectivity index (χ1n) is 9.11. The van der Waals surface area contributed by atoms with Crippen molar-refractivity contribution in [2.45, 2.75) is 77.5 Å². The number of hydrogen-bond acceptors (Lipinski definition) is 7. The second kappa shape index (κ2) is 9.91. The Hall–Kier alpha value is -0.0817. The molecule has 0 aromatic heterocycles. The fourth-order valence-electron chi connectivity index (χ4n) is 3.97. The van der Waals surface area contributed by atoms with Crippen molar-refractivity contribution < 1.29 is 55.7 Å². The normalized spacial score (nSPS) is 36.8. The van der Waals surface area contributed by atoms with Crippen LogP contribution in [0.3, 0.4) is 0 Å². The van der Waals surface area contributed by atoms with Crippen molar-refractivity contribution in [3.8, 4) is 0 Å². The van der Waals surface area contributed by atoms with Crippen LogP contribution in [0.1, 0.15) is 60.3 Å². The largest absolute Gasteiger partial charge is 0.375 e. The Labute approximate surface area is 169 Å². The Morgan fingerprint density at radius 2 is 1.81 bits per heavy atom. The zero-order chi connectivity index (χ0) is 18.7. The van der Waals surface area contributed by atoms with Gasteiger partial charge in [-0.15, -0.1) is 0 Å². The minimum atomic E-state index is -0.848. The standard InChI is InChI=1S/C17H31NO7.W/c1-6-8-21-16(5)10-14(23-25-24-22-9-7-2)17(13(4)12(16)3)11-15(19)18(17)20;/h12-14,20H,6-11H2,1-5H3;/t12-,13+,14+,16+,17?;/m0./s1. The van der Waals surface area contributed by atoms with Crippen LogP contribution in [-0.4, -0.2) is 46.6 Å². The Morgan fingerprint density at radius 3 is 2.35 bits per heavy atom. The number of amides is 1. The first kappa shape index (κ1) is 24.0. The minimum absolute atomic E-state index is 0. The summed E-state index contributed by atoms with van der Waals surface area (Å²) in [5.74, 6) is -0.274. The van der Waals surface area contributed by atoms with Gasteiger partial charge in [0, 0.05) is 34.1 Å².